The highest BCUT2D eigenvalue weighted by Crippen LogP contribution is 2.31. The minimum atomic E-state index is -0.395. The van der Waals surface area contributed by atoms with Crippen LogP contribution in [0.5, 0.6) is 0 Å². The molecule has 0 fully saturated rings. The standard InChI is InChI=1S/C25H21N3O3/c1-16-13-18(3)24-22(14-16)27-25(31-24)20-11-10-17(2)21(15-20)26-12-6-8-19-7-4-5-9-23(19)28(29)30/h4-15H,1-3H3. The first-order valence-corrected chi connectivity index (χ1v) is 9.85. The molecule has 4 rings (SSSR count). The molecular formula is C25H21N3O3. The largest absolute Gasteiger partial charge is 0.436 e. The highest BCUT2D eigenvalue weighted by molar-refractivity contribution is 5.83. The SMILES string of the molecule is Cc1cc(C)c2oc(-c3ccc(C)c(N=CC=Cc4ccccc4[N+](=O)[O-])c3)nc2c1. The van der Waals surface area contributed by atoms with Crippen molar-refractivity contribution in [3.05, 3.63) is 93.0 Å². The van der Waals surface area contributed by atoms with E-state index in [2.05, 4.69) is 16.0 Å². The number of benzene rings is 3. The topological polar surface area (TPSA) is 81.5 Å². The molecule has 1 heterocycles. The Kier molecular flexibility index (Phi) is 5.45. The lowest BCUT2D eigenvalue weighted by Crippen LogP contribution is -1.90. The third-order valence-corrected chi connectivity index (χ3v) is 4.99. The molecule has 3 aromatic carbocycles. The Morgan fingerprint density at radius 2 is 1.84 bits per heavy atom. The van der Waals surface area contributed by atoms with Crippen molar-refractivity contribution >= 4 is 34.8 Å². The zero-order chi connectivity index (χ0) is 22.0. The number of aryl methyl sites for hydroxylation is 3. The number of aliphatic imine (C=N–C) groups is 1. The second-order valence-corrected chi connectivity index (χ2v) is 7.40. The van der Waals surface area contributed by atoms with Crippen molar-refractivity contribution in [2.75, 3.05) is 0 Å². The van der Waals surface area contributed by atoms with Crippen molar-refractivity contribution in [3.8, 4) is 11.5 Å². The van der Waals surface area contributed by atoms with Gasteiger partial charge < -0.3 is 4.42 Å². The van der Waals surface area contributed by atoms with Gasteiger partial charge in [-0.25, -0.2) is 4.98 Å². The molecule has 4 aromatic rings. The van der Waals surface area contributed by atoms with Crippen molar-refractivity contribution < 1.29 is 9.34 Å². The van der Waals surface area contributed by atoms with Gasteiger partial charge in [-0.15, -0.1) is 0 Å². The van der Waals surface area contributed by atoms with E-state index in [1.165, 1.54) is 6.07 Å². The lowest BCUT2D eigenvalue weighted by atomic mass is 10.1. The van der Waals surface area contributed by atoms with Gasteiger partial charge in [-0.05, 0) is 73.9 Å². The summed E-state index contributed by atoms with van der Waals surface area (Å²) in [4.78, 5) is 19.9. The number of hydrogen-bond acceptors (Lipinski definition) is 5. The van der Waals surface area contributed by atoms with E-state index in [0.717, 1.165) is 39.0 Å². The van der Waals surface area contributed by atoms with E-state index < -0.39 is 4.92 Å². The molecule has 0 amide bonds. The number of nitrogens with zero attached hydrogens (tertiary/aromatic N) is 3. The van der Waals surface area contributed by atoms with Crippen molar-refractivity contribution in [1.29, 1.82) is 0 Å². The van der Waals surface area contributed by atoms with Crippen LogP contribution in [0, 0.1) is 30.9 Å². The number of hydrogen-bond donors (Lipinski definition) is 0. The highest BCUT2D eigenvalue weighted by atomic mass is 16.6. The summed E-state index contributed by atoms with van der Waals surface area (Å²) >= 11 is 0. The molecule has 1 aromatic heterocycles. The number of allylic oxidation sites excluding steroid dienone is 1. The molecule has 31 heavy (non-hydrogen) atoms. The highest BCUT2D eigenvalue weighted by Gasteiger charge is 2.12. The van der Waals surface area contributed by atoms with Gasteiger partial charge in [-0.3, -0.25) is 15.1 Å². The molecular weight excluding hydrogens is 390 g/mol. The minimum Gasteiger partial charge on any atom is -0.436 e. The van der Waals surface area contributed by atoms with Crippen LogP contribution < -0.4 is 0 Å². The second kappa shape index (κ2) is 8.36. The molecule has 0 saturated heterocycles. The van der Waals surface area contributed by atoms with Gasteiger partial charge in [0, 0.05) is 17.8 Å². The van der Waals surface area contributed by atoms with E-state index in [9.17, 15) is 10.1 Å². The van der Waals surface area contributed by atoms with Crippen molar-refractivity contribution in [3.63, 3.8) is 0 Å². The van der Waals surface area contributed by atoms with Crippen molar-refractivity contribution in [2.24, 2.45) is 4.99 Å². The van der Waals surface area contributed by atoms with Crippen LogP contribution in [-0.2, 0) is 0 Å². The molecule has 0 unspecified atom stereocenters. The lowest BCUT2D eigenvalue weighted by Gasteiger charge is -2.02. The Balaban J connectivity index is 1.62. The maximum Gasteiger partial charge on any atom is 0.276 e. The Morgan fingerprint density at radius 1 is 1.03 bits per heavy atom. The predicted octanol–water partition coefficient (Wildman–Crippen LogP) is 6.74. The first-order chi connectivity index (χ1) is 14.9. The monoisotopic (exact) mass is 411 g/mol. The van der Waals surface area contributed by atoms with Crippen molar-refractivity contribution in [2.45, 2.75) is 20.8 Å². The van der Waals surface area contributed by atoms with Crippen LogP contribution in [0.15, 0.2) is 70.1 Å². The number of aromatic nitrogens is 1. The third-order valence-electron chi connectivity index (χ3n) is 4.99. The fraction of sp³-hybridized carbons (Fsp3) is 0.120. The van der Waals surface area contributed by atoms with Gasteiger partial charge in [0.25, 0.3) is 5.69 Å². The first-order valence-electron chi connectivity index (χ1n) is 9.85. The smallest absolute Gasteiger partial charge is 0.276 e. The second-order valence-electron chi connectivity index (χ2n) is 7.40. The number of fused-ring (bicyclic) bond motifs is 1. The van der Waals surface area contributed by atoms with E-state index in [4.69, 9.17) is 4.42 Å². The van der Waals surface area contributed by atoms with Gasteiger partial charge in [0.05, 0.1) is 16.2 Å². The zero-order valence-electron chi connectivity index (χ0n) is 17.5. The summed E-state index contributed by atoms with van der Waals surface area (Å²) in [6.07, 6.45) is 5.00. The summed E-state index contributed by atoms with van der Waals surface area (Å²) in [5.41, 5.74) is 7.04. The average molecular weight is 411 g/mol. The van der Waals surface area contributed by atoms with Crippen LogP contribution in [0.1, 0.15) is 22.3 Å². The van der Waals surface area contributed by atoms with Crippen LogP contribution in [0.25, 0.3) is 28.6 Å². The van der Waals surface area contributed by atoms with Crippen LogP contribution in [0.2, 0.25) is 0 Å². The molecule has 0 radical (unpaired) electrons. The van der Waals surface area contributed by atoms with Gasteiger partial charge in [0.15, 0.2) is 5.58 Å². The minimum absolute atomic E-state index is 0.0619. The summed E-state index contributed by atoms with van der Waals surface area (Å²) in [6.45, 7) is 6.03. The third kappa shape index (κ3) is 4.28. The summed E-state index contributed by atoms with van der Waals surface area (Å²) in [6, 6.07) is 16.5. The maximum atomic E-state index is 11.1. The predicted molar refractivity (Wildman–Crippen MR) is 124 cm³/mol. The molecule has 6 heteroatoms. The molecule has 0 aliphatic rings. The number of rotatable bonds is 5. The summed E-state index contributed by atoms with van der Waals surface area (Å²) in [7, 11) is 0. The van der Waals surface area contributed by atoms with Crippen LogP contribution in [0.3, 0.4) is 0 Å². The Hall–Kier alpha value is -4.06. The molecule has 0 atom stereocenters. The maximum absolute atomic E-state index is 11.1. The van der Waals surface area contributed by atoms with E-state index in [-0.39, 0.29) is 5.69 Å². The molecule has 0 spiro atoms. The molecule has 6 nitrogen and oxygen atoms in total. The molecule has 154 valence electrons. The normalized spacial score (nSPS) is 11.7. The van der Waals surface area contributed by atoms with Gasteiger partial charge in [-0.2, -0.15) is 0 Å². The van der Waals surface area contributed by atoms with Crippen LogP contribution >= 0.6 is 0 Å². The number of para-hydroxylation sites is 1. The van der Waals surface area contributed by atoms with Crippen molar-refractivity contribution in [1.82, 2.24) is 4.98 Å². The van der Waals surface area contributed by atoms with Gasteiger partial charge >= 0.3 is 0 Å². The van der Waals surface area contributed by atoms with Gasteiger partial charge in [0.2, 0.25) is 5.89 Å². The lowest BCUT2D eigenvalue weighted by molar-refractivity contribution is -0.385. The zero-order valence-corrected chi connectivity index (χ0v) is 17.5. The summed E-state index contributed by atoms with van der Waals surface area (Å²) < 4.78 is 6.01. The van der Waals surface area contributed by atoms with Crippen LogP contribution in [-0.4, -0.2) is 16.1 Å². The summed E-state index contributed by atoms with van der Waals surface area (Å²) in [5, 5.41) is 11.1. The first kappa shape index (κ1) is 20.2. The van der Waals surface area contributed by atoms with Gasteiger partial charge in [-0.1, -0.05) is 24.3 Å². The fourth-order valence-corrected chi connectivity index (χ4v) is 3.45. The molecule has 0 aliphatic heterocycles. The van der Waals surface area contributed by atoms with E-state index in [0.29, 0.717) is 11.5 Å². The number of nitro groups is 1. The fourth-order valence-electron chi connectivity index (χ4n) is 3.45. The quantitative estimate of drug-likeness (QED) is 0.207. The molecule has 0 saturated carbocycles. The Labute approximate surface area is 179 Å². The number of nitro benzene ring substituents is 1. The average Bonchev–Trinajstić information content (AvgIpc) is 3.17. The molecule has 0 N–H and O–H groups in total. The Morgan fingerprint density at radius 3 is 2.65 bits per heavy atom. The van der Waals surface area contributed by atoms with Crippen LogP contribution in [0.4, 0.5) is 11.4 Å². The van der Waals surface area contributed by atoms with E-state index >= 15 is 0 Å². The number of oxazole rings is 1. The molecule has 0 bridgehead atoms. The van der Waals surface area contributed by atoms with E-state index in [1.54, 1.807) is 36.6 Å². The van der Waals surface area contributed by atoms with Gasteiger partial charge in [0.1, 0.15) is 5.52 Å². The molecule has 0 aliphatic carbocycles. The van der Waals surface area contributed by atoms with E-state index in [1.807, 2.05) is 45.0 Å². The summed E-state index contributed by atoms with van der Waals surface area (Å²) in [5.74, 6) is 0.551. The Bertz CT molecular complexity index is 1350.